The van der Waals surface area contributed by atoms with Gasteiger partial charge in [-0.25, -0.2) is 0 Å². The molecule has 15 heavy (non-hydrogen) atoms. The van der Waals surface area contributed by atoms with E-state index in [1.54, 1.807) is 18.2 Å². The summed E-state index contributed by atoms with van der Waals surface area (Å²) in [6.45, 7) is 0. The van der Waals surface area contributed by atoms with Crippen molar-refractivity contribution in [1.29, 1.82) is 5.41 Å². The zero-order valence-corrected chi connectivity index (χ0v) is 9.15. The van der Waals surface area contributed by atoms with E-state index in [-0.39, 0.29) is 11.1 Å². The number of carbonyl (C=O) groups excluding carboxylic acids is 1. The number of amidine groups is 1. The molecule has 0 aromatic heterocycles. The highest BCUT2D eigenvalue weighted by molar-refractivity contribution is 8.18. The summed E-state index contributed by atoms with van der Waals surface area (Å²) in [5, 5.41) is 10.5. The van der Waals surface area contributed by atoms with Gasteiger partial charge in [-0.2, -0.15) is 0 Å². The van der Waals surface area contributed by atoms with Crippen LogP contribution in [-0.4, -0.2) is 11.1 Å². The maximum Gasteiger partial charge on any atom is 0.264 e. The SMILES string of the molecule is N=C1NC(=O)/C(=C\c2ccc(Cl)cc2)S1. The molecule has 5 heteroatoms. The van der Waals surface area contributed by atoms with E-state index in [0.717, 1.165) is 17.3 Å². The van der Waals surface area contributed by atoms with Crippen LogP contribution in [0.2, 0.25) is 5.02 Å². The maximum atomic E-state index is 11.3. The Labute approximate surface area is 96.0 Å². The van der Waals surface area contributed by atoms with Gasteiger partial charge in [0.15, 0.2) is 5.17 Å². The zero-order valence-electron chi connectivity index (χ0n) is 7.58. The van der Waals surface area contributed by atoms with E-state index in [2.05, 4.69) is 5.32 Å². The van der Waals surface area contributed by atoms with Crippen LogP contribution >= 0.6 is 23.4 Å². The molecule has 0 saturated carbocycles. The summed E-state index contributed by atoms with van der Waals surface area (Å²) in [7, 11) is 0. The highest BCUT2D eigenvalue weighted by Gasteiger charge is 2.21. The van der Waals surface area contributed by atoms with Crippen molar-refractivity contribution in [2.24, 2.45) is 0 Å². The summed E-state index contributed by atoms with van der Waals surface area (Å²) in [6, 6.07) is 7.17. The van der Waals surface area contributed by atoms with Gasteiger partial charge in [-0.1, -0.05) is 23.7 Å². The number of rotatable bonds is 1. The standard InChI is InChI=1S/C10H7ClN2OS/c11-7-3-1-6(2-4-7)5-8-9(14)13-10(12)15-8/h1-5H,(H2,12,13,14)/b8-5+. The number of hydrogen-bond donors (Lipinski definition) is 2. The number of halogens is 1. The Morgan fingerprint density at radius 3 is 2.53 bits per heavy atom. The van der Waals surface area contributed by atoms with Crippen LogP contribution in [0.4, 0.5) is 0 Å². The predicted octanol–water partition coefficient (Wildman–Crippen LogP) is 2.48. The summed E-state index contributed by atoms with van der Waals surface area (Å²) in [5.74, 6) is -0.222. The lowest BCUT2D eigenvalue weighted by Gasteiger charge is -1.94. The molecule has 0 bridgehead atoms. The number of amides is 1. The molecule has 0 radical (unpaired) electrons. The highest BCUT2D eigenvalue weighted by atomic mass is 35.5. The molecule has 1 saturated heterocycles. The van der Waals surface area contributed by atoms with Crippen LogP contribution in [0.1, 0.15) is 5.56 Å². The Kier molecular flexibility index (Phi) is 2.79. The first-order valence-corrected chi connectivity index (χ1v) is 5.39. The molecule has 0 aliphatic carbocycles. The smallest absolute Gasteiger partial charge is 0.264 e. The van der Waals surface area contributed by atoms with Gasteiger partial charge >= 0.3 is 0 Å². The largest absolute Gasteiger partial charge is 0.301 e. The van der Waals surface area contributed by atoms with Crippen LogP contribution < -0.4 is 5.32 Å². The molecule has 1 heterocycles. The predicted molar refractivity (Wildman–Crippen MR) is 62.9 cm³/mol. The third-order valence-electron chi connectivity index (χ3n) is 1.83. The van der Waals surface area contributed by atoms with Crippen molar-refractivity contribution < 1.29 is 4.79 Å². The fourth-order valence-electron chi connectivity index (χ4n) is 1.15. The molecule has 1 aromatic rings. The van der Waals surface area contributed by atoms with Crippen molar-refractivity contribution in [3.63, 3.8) is 0 Å². The molecule has 76 valence electrons. The van der Waals surface area contributed by atoms with Gasteiger partial charge in [0.2, 0.25) is 0 Å². The molecule has 0 spiro atoms. The third-order valence-corrected chi connectivity index (χ3v) is 2.91. The van der Waals surface area contributed by atoms with Crippen LogP contribution in [-0.2, 0) is 4.79 Å². The molecule has 0 atom stereocenters. The third kappa shape index (κ3) is 2.40. The Bertz CT molecular complexity index is 453. The van der Waals surface area contributed by atoms with Gasteiger partial charge in [0, 0.05) is 5.02 Å². The van der Waals surface area contributed by atoms with Gasteiger partial charge < -0.3 is 5.32 Å². The number of thioether (sulfide) groups is 1. The highest BCUT2D eigenvalue weighted by Crippen LogP contribution is 2.25. The summed E-state index contributed by atoms with van der Waals surface area (Å²) in [6.07, 6.45) is 1.73. The monoisotopic (exact) mass is 238 g/mol. The van der Waals surface area contributed by atoms with E-state index in [1.807, 2.05) is 12.1 Å². The normalized spacial score (nSPS) is 18.3. The minimum Gasteiger partial charge on any atom is -0.301 e. The first-order valence-electron chi connectivity index (χ1n) is 4.20. The molecule has 1 amide bonds. The van der Waals surface area contributed by atoms with Crippen molar-refractivity contribution in [3.05, 3.63) is 39.8 Å². The van der Waals surface area contributed by atoms with Crippen molar-refractivity contribution in [2.45, 2.75) is 0 Å². The average Bonchev–Trinajstić information content (AvgIpc) is 2.49. The lowest BCUT2D eigenvalue weighted by molar-refractivity contribution is -0.115. The summed E-state index contributed by atoms with van der Waals surface area (Å²) >= 11 is 6.86. The van der Waals surface area contributed by atoms with Crippen LogP contribution in [0.25, 0.3) is 6.08 Å². The van der Waals surface area contributed by atoms with Gasteiger partial charge in [-0.3, -0.25) is 10.2 Å². The van der Waals surface area contributed by atoms with E-state index in [0.29, 0.717) is 9.93 Å². The van der Waals surface area contributed by atoms with Crippen LogP contribution in [0.15, 0.2) is 29.2 Å². The molecule has 1 fully saturated rings. The van der Waals surface area contributed by atoms with Gasteiger partial charge in [0.05, 0.1) is 4.91 Å². The second-order valence-electron chi connectivity index (χ2n) is 2.95. The van der Waals surface area contributed by atoms with Gasteiger partial charge in [-0.15, -0.1) is 0 Å². The molecule has 1 aromatic carbocycles. The van der Waals surface area contributed by atoms with Crippen LogP contribution in [0.3, 0.4) is 0 Å². The lowest BCUT2D eigenvalue weighted by Crippen LogP contribution is -2.18. The number of benzene rings is 1. The van der Waals surface area contributed by atoms with Crippen LogP contribution in [0.5, 0.6) is 0 Å². The topological polar surface area (TPSA) is 53.0 Å². The zero-order chi connectivity index (χ0) is 10.8. The van der Waals surface area contributed by atoms with Crippen molar-refractivity contribution in [1.82, 2.24) is 5.32 Å². The Balaban J connectivity index is 2.27. The lowest BCUT2D eigenvalue weighted by atomic mass is 10.2. The quantitative estimate of drug-likeness (QED) is 0.739. The first-order chi connectivity index (χ1) is 7.15. The number of carbonyl (C=O) groups is 1. The van der Waals surface area contributed by atoms with E-state index < -0.39 is 0 Å². The molecule has 2 rings (SSSR count). The fourth-order valence-corrected chi connectivity index (χ4v) is 1.98. The molecule has 0 unspecified atom stereocenters. The van der Waals surface area contributed by atoms with Crippen molar-refractivity contribution in [3.8, 4) is 0 Å². The second kappa shape index (κ2) is 4.08. The minimum absolute atomic E-state index is 0.167. The second-order valence-corrected chi connectivity index (χ2v) is 4.43. The average molecular weight is 239 g/mol. The van der Waals surface area contributed by atoms with Gasteiger partial charge in [0.25, 0.3) is 5.91 Å². The Morgan fingerprint density at radius 1 is 1.33 bits per heavy atom. The summed E-state index contributed by atoms with van der Waals surface area (Å²) in [5.41, 5.74) is 0.895. The molecular weight excluding hydrogens is 232 g/mol. The molecule has 3 nitrogen and oxygen atoms in total. The molecule has 2 N–H and O–H groups in total. The number of hydrogen-bond acceptors (Lipinski definition) is 3. The van der Waals surface area contributed by atoms with Crippen molar-refractivity contribution in [2.75, 3.05) is 0 Å². The summed E-state index contributed by atoms with van der Waals surface area (Å²) in [4.78, 5) is 11.8. The van der Waals surface area contributed by atoms with E-state index in [9.17, 15) is 4.79 Å². The Morgan fingerprint density at radius 2 is 2.00 bits per heavy atom. The molecule has 1 aliphatic heterocycles. The molecule has 1 aliphatic rings. The van der Waals surface area contributed by atoms with Crippen molar-refractivity contribution >= 4 is 40.5 Å². The van der Waals surface area contributed by atoms with Gasteiger partial charge in [0.1, 0.15) is 0 Å². The van der Waals surface area contributed by atoms with E-state index in [1.165, 1.54) is 0 Å². The van der Waals surface area contributed by atoms with E-state index >= 15 is 0 Å². The first kappa shape index (κ1) is 10.3. The minimum atomic E-state index is -0.222. The maximum absolute atomic E-state index is 11.3. The fraction of sp³-hybridized carbons (Fsp3) is 0. The Hall–Kier alpha value is -1.26. The van der Waals surface area contributed by atoms with Crippen LogP contribution in [0, 0.1) is 5.41 Å². The van der Waals surface area contributed by atoms with E-state index in [4.69, 9.17) is 17.0 Å². The summed E-state index contributed by atoms with van der Waals surface area (Å²) < 4.78 is 0. The molecular formula is C10H7ClN2OS. The van der Waals surface area contributed by atoms with Gasteiger partial charge in [-0.05, 0) is 35.5 Å². The number of nitrogens with one attached hydrogen (secondary N) is 2.